The zero-order chi connectivity index (χ0) is 19.6. The second-order valence-electron chi connectivity index (χ2n) is 7.15. The monoisotopic (exact) mass is 394 g/mol. The molecule has 1 heterocycles. The van der Waals surface area contributed by atoms with Gasteiger partial charge in [0.15, 0.2) is 0 Å². The Hall–Kier alpha value is -2.20. The summed E-state index contributed by atoms with van der Waals surface area (Å²) in [5.74, 6) is 0.913. The topological polar surface area (TPSA) is 35.0 Å². The highest BCUT2D eigenvalue weighted by molar-refractivity contribution is 7.17. The van der Waals surface area contributed by atoms with Gasteiger partial charge in [-0.15, -0.1) is 10.2 Å². The number of hydrogen-bond acceptors (Lipinski definition) is 4. The van der Waals surface area contributed by atoms with Gasteiger partial charge >= 0.3 is 0 Å². The molecule has 0 aliphatic heterocycles. The predicted molar refractivity (Wildman–Crippen MR) is 119 cm³/mol. The molecule has 0 bridgehead atoms. The van der Waals surface area contributed by atoms with Gasteiger partial charge in [0.25, 0.3) is 0 Å². The lowest BCUT2D eigenvalue weighted by Gasteiger charge is -2.05. The fourth-order valence-corrected chi connectivity index (χ4v) is 3.91. The smallest absolute Gasteiger partial charge is 0.148 e. The fourth-order valence-electron chi connectivity index (χ4n) is 3.05. The van der Waals surface area contributed by atoms with E-state index in [-0.39, 0.29) is 0 Å². The molecule has 0 aliphatic carbocycles. The Balaban J connectivity index is 1.60. The Morgan fingerprint density at radius 1 is 0.714 bits per heavy atom. The minimum Gasteiger partial charge on any atom is -0.494 e. The van der Waals surface area contributed by atoms with Crippen LogP contribution in [0.2, 0.25) is 0 Å². The molecule has 3 aromatic rings. The van der Waals surface area contributed by atoms with Crippen molar-refractivity contribution < 1.29 is 4.74 Å². The summed E-state index contributed by atoms with van der Waals surface area (Å²) >= 11 is 1.63. The number of benzene rings is 2. The van der Waals surface area contributed by atoms with Crippen molar-refractivity contribution in [1.29, 1.82) is 0 Å². The largest absolute Gasteiger partial charge is 0.494 e. The molecule has 3 nitrogen and oxygen atoms in total. The van der Waals surface area contributed by atoms with Gasteiger partial charge in [0.05, 0.1) is 6.61 Å². The third-order valence-corrected chi connectivity index (χ3v) is 5.83. The average molecular weight is 395 g/mol. The first-order valence-electron chi connectivity index (χ1n) is 10.5. The summed E-state index contributed by atoms with van der Waals surface area (Å²) in [4.78, 5) is 0. The zero-order valence-corrected chi connectivity index (χ0v) is 17.8. The molecule has 0 saturated carbocycles. The number of aromatic nitrogens is 2. The predicted octanol–water partition coefficient (Wildman–Crippen LogP) is 7.17. The quantitative estimate of drug-likeness (QED) is 0.323. The molecule has 0 amide bonds. The third kappa shape index (κ3) is 5.90. The van der Waals surface area contributed by atoms with Crippen LogP contribution in [0.5, 0.6) is 5.75 Å². The van der Waals surface area contributed by atoms with Crippen molar-refractivity contribution in [2.45, 2.75) is 58.8 Å². The molecule has 0 N–H and O–H groups in total. The molecule has 28 heavy (non-hydrogen) atoms. The van der Waals surface area contributed by atoms with E-state index in [9.17, 15) is 0 Å². The van der Waals surface area contributed by atoms with Gasteiger partial charge in [-0.1, -0.05) is 75.1 Å². The van der Waals surface area contributed by atoms with E-state index in [0.717, 1.165) is 52.8 Å². The highest BCUT2D eigenvalue weighted by atomic mass is 32.1. The van der Waals surface area contributed by atoms with Gasteiger partial charge in [-0.05, 0) is 49.1 Å². The highest BCUT2D eigenvalue weighted by Crippen LogP contribution is 2.31. The normalized spacial score (nSPS) is 10.9. The molecule has 0 spiro atoms. The van der Waals surface area contributed by atoms with Gasteiger partial charge in [0.2, 0.25) is 0 Å². The van der Waals surface area contributed by atoms with Gasteiger partial charge in [-0.25, -0.2) is 0 Å². The maximum absolute atomic E-state index is 5.73. The minimum atomic E-state index is 0.771. The van der Waals surface area contributed by atoms with E-state index in [1.807, 2.05) is 12.1 Å². The lowest BCUT2D eigenvalue weighted by atomic mass is 10.0. The molecule has 0 aliphatic rings. The molecular formula is C24H30N2OS. The van der Waals surface area contributed by atoms with Crippen molar-refractivity contribution in [3.8, 4) is 26.9 Å². The van der Waals surface area contributed by atoms with Gasteiger partial charge in [-0.3, -0.25) is 0 Å². The Labute approximate surface area is 172 Å². The SMILES string of the molecule is CCCCCCc1ccc(-c2nnc(-c3ccc(OCCCC)cc3)s2)cc1. The first-order chi connectivity index (χ1) is 13.8. The number of unbranched alkanes of at least 4 members (excludes halogenated alkanes) is 4. The number of ether oxygens (including phenoxy) is 1. The summed E-state index contributed by atoms with van der Waals surface area (Å²) in [6.45, 7) is 5.19. The van der Waals surface area contributed by atoms with Crippen molar-refractivity contribution >= 4 is 11.3 Å². The zero-order valence-electron chi connectivity index (χ0n) is 17.0. The van der Waals surface area contributed by atoms with Crippen LogP contribution in [0.1, 0.15) is 57.9 Å². The second kappa shape index (κ2) is 11.0. The van der Waals surface area contributed by atoms with Crippen LogP contribution in [0.25, 0.3) is 21.1 Å². The molecule has 3 rings (SSSR count). The number of hydrogen-bond donors (Lipinski definition) is 0. The van der Waals surface area contributed by atoms with Crippen LogP contribution < -0.4 is 4.74 Å². The lowest BCUT2D eigenvalue weighted by molar-refractivity contribution is 0.309. The van der Waals surface area contributed by atoms with E-state index in [1.165, 1.54) is 31.2 Å². The van der Waals surface area contributed by atoms with E-state index in [0.29, 0.717) is 0 Å². The van der Waals surface area contributed by atoms with Gasteiger partial charge in [0, 0.05) is 11.1 Å². The Bertz CT molecular complexity index is 825. The van der Waals surface area contributed by atoms with Crippen molar-refractivity contribution in [3.05, 3.63) is 54.1 Å². The van der Waals surface area contributed by atoms with Crippen LogP contribution in [0.15, 0.2) is 48.5 Å². The van der Waals surface area contributed by atoms with Crippen molar-refractivity contribution in [3.63, 3.8) is 0 Å². The maximum atomic E-state index is 5.73. The van der Waals surface area contributed by atoms with Crippen LogP contribution in [0.4, 0.5) is 0 Å². The Kier molecular flexibility index (Phi) is 8.04. The molecule has 1 aromatic heterocycles. The number of nitrogens with zero attached hydrogens (tertiary/aromatic N) is 2. The number of aryl methyl sites for hydroxylation is 1. The molecule has 2 aromatic carbocycles. The molecule has 0 fully saturated rings. The first-order valence-corrected chi connectivity index (χ1v) is 11.3. The number of rotatable bonds is 11. The average Bonchev–Trinajstić information content (AvgIpc) is 3.23. The molecule has 0 atom stereocenters. The van der Waals surface area contributed by atoms with Crippen LogP contribution in [0, 0.1) is 0 Å². The van der Waals surface area contributed by atoms with E-state index >= 15 is 0 Å². The van der Waals surface area contributed by atoms with E-state index in [1.54, 1.807) is 11.3 Å². The van der Waals surface area contributed by atoms with Crippen LogP contribution in [0.3, 0.4) is 0 Å². The summed E-state index contributed by atoms with van der Waals surface area (Å²) in [6.07, 6.45) is 8.60. The summed E-state index contributed by atoms with van der Waals surface area (Å²) in [5.41, 5.74) is 3.63. The fraction of sp³-hybridized carbons (Fsp3) is 0.417. The van der Waals surface area contributed by atoms with Crippen molar-refractivity contribution in [1.82, 2.24) is 10.2 Å². The molecule has 0 unspecified atom stereocenters. The van der Waals surface area contributed by atoms with Crippen molar-refractivity contribution in [2.24, 2.45) is 0 Å². The standard InChI is InChI=1S/C24H30N2OS/c1-3-5-7-8-9-19-10-12-20(13-11-19)23-25-26-24(28-23)21-14-16-22(17-15-21)27-18-6-4-2/h10-17H,3-9,18H2,1-2H3. The molecular weight excluding hydrogens is 364 g/mol. The first kappa shape index (κ1) is 20.5. The minimum absolute atomic E-state index is 0.771. The van der Waals surface area contributed by atoms with E-state index < -0.39 is 0 Å². The third-order valence-electron chi connectivity index (χ3n) is 4.81. The highest BCUT2D eigenvalue weighted by Gasteiger charge is 2.09. The van der Waals surface area contributed by atoms with Crippen LogP contribution in [-0.2, 0) is 6.42 Å². The summed E-state index contributed by atoms with van der Waals surface area (Å²) in [6, 6.07) is 16.9. The summed E-state index contributed by atoms with van der Waals surface area (Å²) < 4.78 is 5.73. The van der Waals surface area contributed by atoms with Gasteiger partial charge < -0.3 is 4.74 Å². The molecule has 0 saturated heterocycles. The molecule has 4 heteroatoms. The van der Waals surface area contributed by atoms with Crippen LogP contribution >= 0.6 is 11.3 Å². The van der Waals surface area contributed by atoms with Gasteiger partial charge in [0.1, 0.15) is 15.8 Å². The second-order valence-corrected chi connectivity index (χ2v) is 8.12. The van der Waals surface area contributed by atoms with E-state index in [4.69, 9.17) is 4.74 Å². The Morgan fingerprint density at radius 2 is 1.32 bits per heavy atom. The summed E-state index contributed by atoms with van der Waals surface area (Å²) in [5, 5.41) is 10.7. The summed E-state index contributed by atoms with van der Waals surface area (Å²) in [7, 11) is 0. The lowest BCUT2D eigenvalue weighted by Crippen LogP contribution is -1.95. The molecule has 0 radical (unpaired) electrons. The van der Waals surface area contributed by atoms with E-state index in [2.05, 4.69) is 60.4 Å². The molecule has 148 valence electrons. The van der Waals surface area contributed by atoms with Gasteiger partial charge in [-0.2, -0.15) is 0 Å². The van der Waals surface area contributed by atoms with Crippen LogP contribution in [-0.4, -0.2) is 16.8 Å². The Morgan fingerprint density at radius 3 is 1.93 bits per heavy atom. The maximum Gasteiger partial charge on any atom is 0.148 e. The van der Waals surface area contributed by atoms with Crippen molar-refractivity contribution in [2.75, 3.05) is 6.61 Å².